The van der Waals surface area contributed by atoms with Gasteiger partial charge in [0, 0.05) is 49.5 Å². The summed E-state index contributed by atoms with van der Waals surface area (Å²) in [5, 5.41) is 8.57. The Hall–Kier alpha value is -1.33. The fourth-order valence-corrected chi connectivity index (χ4v) is 6.01. The van der Waals surface area contributed by atoms with Gasteiger partial charge in [0.15, 0.2) is 5.11 Å². The van der Waals surface area contributed by atoms with Gasteiger partial charge in [0.25, 0.3) is 0 Å². The largest absolute Gasteiger partial charge is 0.378 e. The van der Waals surface area contributed by atoms with E-state index in [1.165, 1.54) is 49.8 Å². The van der Waals surface area contributed by atoms with Crippen LogP contribution >= 0.6 is 12.2 Å². The zero-order valence-corrected chi connectivity index (χ0v) is 21.4. The third-order valence-electron chi connectivity index (χ3n) is 6.86. The molecule has 1 aromatic carbocycles. The molecule has 4 nitrogen and oxygen atoms in total. The van der Waals surface area contributed by atoms with Gasteiger partial charge in [-0.2, -0.15) is 0 Å². The summed E-state index contributed by atoms with van der Waals surface area (Å²) in [6.07, 6.45) is 10.0. The summed E-state index contributed by atoms with van der Waals surface area (Å²) >= 11 is 6.08. The molecule has 1 heterocycles. The van der Waals surface area contributed by atoms with Crippen LogP contribution in [0.15, 0.2) is 24.3 Å². The molecule has 3 rings (SSSR count). The lowest BCUT2D eigenvalue weighted by Crippen LogP contribution is -2.63. The smallest absolute Gasteiger partial charge is 0.169 e. The molecule has 0 bridgehead atoms. The van der Waals surface area contributed by atoms with E-state index in [0.717, 1.165) is 24.5 Å². The molecular weight excluding hydrogens is 400 g/mol. The summed E-state index contributed by atoms with van der Waals surface area (Å²) in [5.74, 6) is 0. The van der Waals surface area contributed by atoms with E-state index >= 15 is 0 Å². The van der Waals surface area contributed by atoms with Gasteiger partial charge in [-0.05, 0) is 83.3 Å². The van der Waals surface area contributed by atoms with Gasteiger partial charge >= 0.3 is 0 Å². The highest BCUT2D eigenvalue weighted by Crippen LogP contribution is 2.33. The van der Waals surface area contributed by atoms with Gasteiger partial charge in [-0.15, -0.1) is 0 Å². The molecule has 1 aliphatic carbocycles. The molecule has 1 saturated heterocycles. The average molecular weight is 445 g/mol. The van der Waals surface area contributed by atoms with Crippen molar-refractivity contribution in [3.8, 4) is 0 Å². The molecule has 0 amide bonds. The topological polar surface area (TPSA) is 30.5 Å². The number of nitrogens with one attached hydrogen (secondary N) is 2. The van der Waals surface area contributed by atoms with Crippen LogP contribution in [0.2, 0.25) is 0 Å². The van der Waals surface area contributed by atoms with Crippen LogP contribution in [0, 0.1) is 0 Å². The summed E-state index contributed by atoms with van der Waals surface area (Å²) in [6, 6.07) is 9.89. The maximum atomic E-state index is 6.08. The molecule has 2 aliphatic rings. The Morgan fingerprint density at radius 3 is 2.03 bits per heavy atom. The van der Waals surface area contributed by atoms with Crippen molar-refractivity contribution in [1.29, 1.82) is 0 Å². The Bertz CT molecular complexity index is 701. The fraction of sp³-hybridized carbons (Fsp3) is 0.731. The maximum absolute atomic E-state index is 6.08. The second kappa shape index (κ2) is 10.1. The van der Waals surface area contributed by atoms with Crippen LogP contribution in [0.25, 0.3) is 0 Å². The van der Waals surface area contributed by atoms with Crippen molar-refractivity contribution < 1.29 is 0 Å². The van der Waals surface area contributed by atoms with Gasteiger partial charge in [-0.3, -0.25) is 0 Å². The maximum Gasteiger partial charge on any atom is 0.169 e. The quantitative estimate of drug-likeness (QED) is 0.465. The number of benzene rings is 1. The Kier molecular flexibility index (Phi) is 7.90. The normalized spacial score (nSPS) is 21.9. The highest BCUT2D eigenvalue weighted by molar-refractivity contribution is 7.80. The van der Waals surface area contributed by atoms with Crippen LogP contribution in [-0.4, -0.2) is 47.3 Å². The van der Waals surface area contributed by atoms with E-state index in [0.29, 0.717) is 12.1 Å². The van der Waals surface area contributed by atoms with Crippen molar-refractivity contribution in [1.82, 2.24) is 15.5 Å². The minimum absolute atomic E-state index is 0.0946. The van der Waals surface area contributed by atoms with Gasteiger partial charge in [0.1, 0.15) is 0 Å². The SMILES string of the molecule is CN(C)c1ccc(CN(C(=S)NC2CCCCCC2)C2CC(C)(C)NC(C)(C)C2)cc1. The first-order valence-corrected chi connectivity index (χ1v) is 12.6. The number of piperidine rings is 1. The van der Waals surface area contributed by atoms with E-state index < -0.39 is 0 Å². The van der Waals surface area contributed by atoms with E-state index in [4.69, 9.17) is 12.2 Å². The Balaban J connectivity index is 1.81. The van der Waals surface area contributed by atoms with Gasteiger partial charge in [0.05, 0.1) is 0 Å². The third kappa shape index (κ3) is 7.08. The van der Waals surface area contributed by atoms with Gasteiger partial charge in [-0.25, -0.2) is 0 Å². The molecule has 0 spiro atoms. The molecule has 1 saturated carbocycles. The third-order valence-corrected chi connectivity index (χ3v) is 7.21. The molecule has 31 heavy (non-hydrogen) atoms. The summed E-state index contributed by atoms with van der Waals surface area (Å²) in [6.45, 7) is 10.2. The van der Waals surface area contributed by atoms with Gasteiger partial charge in [-0.1, -0.05) is 37.8 Å². The Morgan fingerprint density at radius 2 is 1.52 bits per heavy atom. The van der Waals surface area contributed by atoms with Crippen LogP contribution in [0.3, 0.4) is 0 Å². The molecular formula is C26H44N4S. The second-order valence-corrected chi connectivity index (χ2v) is 11.7. The number of nitrogens with zero attached hydrogens (tertiary/aromatic N) is 2. The second-order valence-electron chi connectivity index (χ2n) is 11.3. The molecule has 0 unspecified atom stereocenters. The summed E-state index contributed by atoms with van der Waals surface area (Å²) < 4.78 is 0. The van der Waals surface area contributed by atoms with Gasteiger partial charge < -0.3 is 20.4 Å². The Labute approximate surface area is 196 Å². The lowest BCUT2D eigenvalue weighted by atomic mass is 9.79. The van der Waals surface area contributed by atoms with Crippen LogP contribution in [0.5, 0.6) is 0 Å². The minimum Gasteiger partial charge on any atom is -0.378 e. The molecule has 5 heteroatoms. The zero-order valence-electron chi connectivity index (χ0n) is 20.6. The first-order chi connectivity index (χ1) is 14.5. The van der Waals surface area contributed by atoms with Crippen molar-refractivity contribution in [3.05, 3.63) is 29.8 Å². The standard InChI is InChI=1S/C26H44N4S/c1-25(2)17-23(18-26(3,4)28-25)30(19-20-13-15-22(16-14-20)29(5)6)24(31)27-21-11-9-7-8-10-12-21/h13-16,21,23,28H,7-12,17-19H2,1-6H3,(H,27,31). The van der Waals surface area contributed by atoms with E-state index in [-0.39, 0.29) is 11.1 Å². The molecule has 2 N–H and O–H groups in total. The molecule has 0 radical (unpaired) electrons. The van der Waals surface area contributed by atoms with E-state index in [1.54, 1.807) is 0 Å². The van der Waals surface area contributed by atoms with Crippen molar-refractivity contribution in [3.63, 3.8) is 0 Å². The number of hydrogen-bond acceptors (Lipinski definition) is 3. The van der Waals surface area contributed by atoms with Crippen molar-refractivity contribution in [2.75, 3.05) is 19.0 Å². The lowest BCUT2D eigenvalue weighted by Gasteiger charge is -2.50. The molecule has 1 aliphatic heterocycles. The average Bonchev–Trinajstić information content (AvgIpc) is 2.92. The van der Waals surface area contributed by atoms with E-state index in [2.05, 4.69) is 86.5 Å². The van der Waals surface area contributed by atoms with Crippen molar-refractivity contribution in [2.24, 2.45) is 0 Å². The number of anilines is 1. The molecule has 2 fully saturated rings. The molecule has 0 atom stereocenters. The highest BCUT2D eigenvalue weighted by Gasteiger charge is 2.40. The molecule has 0 aromatic heterocycles. The van der Waals surface area contributed by atoms with E-state index in [9.17, 15) is 0 Å². The predicted molar refractivity (Wildman–Crippen MR) is 138 cm³/mol. The first kappa shape index (κ1) is 24.3. The zero-order chi connectivity index (χ0) is 22.6. The van der Waals surface area contributed by atoms with Crippen molar-refractivity contribution in [2.45, 2.75) is 109 Å². The van der Waals surface area contributed by atoms with Crippen LogP contribution in [0.1, 0.15) is 84.6 Å². The lowest BCUT2D eigenvalue weighted by molar-refractivity contribution is 0.0991. The molecule has 174 valence electrons. The van der Waals surface area contributed by atoms with Gasteiger partial charge in [0.2, 0.25) is 0 Å². The summed E-state index contributed by atoms with van der Waals surface area (Å²) in [5.41, 5.74) is 2.75. The number of thiocarbonyl (C=S) groups is 1. The van der Waals surface area contributed by atoms with E-state index in [1.807, 2.05) is 0 Å². The summed E-state index contributed by atoms with van der Waals surface area (Å²) in [7, 11) is 4.18. The number of hydrogen-bond donors (Lipinski definition) is 2. The first-order valence-electron chi connectivity index (χ1n) is 12.2. The van der Waals surface area contributed by atoms with Crippen molar-refractivity contribution >= 4 is 23.0 Å². The Morgan fingerprint density at radius 1 is 0.968 bits per heavy atom. The van der Waals surface area contributed by atoms with Crippen LogP contribution in [0.4, 0.5) is 5.69 Å². The summed E-state index contributed by atoms with van der Waals surface area (Å²) in [4.78, 5) is 4.65. The fourth-order valence-electron chi connectivity index (χ4n) is 5.63. The predicted octanol–water partition coefficient (Wildman–Crippen LogP) is 5.46. The van der Waals surface area contributed by atoms with Crippen LogP contribution < -0.4 is 15.5 Å². The highest BCUT2D eigenvalue weighted by atomic mass is 32.1. The monoisotopic (exact) mass is 444 g/mol. The van der Waals surface area contributed by atoms with Crippen LogP contribution in [-0.2, 0) is 6.54 Å². The molecule has 1 aromatic rings. The minimum atomic E-state index is 0.0946. The number of rotatable bonds is 5.